The predicted molar refractivity (Wildman–Crippen MR) is 125 cm³/mol. The predicted octanol–water partition coefficient (Wildman–Crippen LogP) is 4.18. The highest BCUT2D eigenvalue weighted by Crippen LogP contribution is 2.36. The lowest BCUT2D eigenvalue weighted by atomic mass is 9.95. The molecule has 0 spiro atoms. The summed E-state index contributed by atoms with van der Waals surface area (Å²) >= 11 is 0. The number of nitrogens with zero attached hydrogens (tertiary/aromatic N) is 1. The minimum Gasteiger partial charge on any atom is -0.444 e. The lowest BCUT2D eigenvalue weighted by molar-refractivity contribution is -0.144. The van der Waals surface area contributed by atoms with Crippen molar-refractivity contribution in [3.05, 3.63) is 35.9 Å². The van der Waals surface area contributed by atoms with Crippen LogP contribution in [0, 0.1) is 5.92 Å². The summed E-state index contributed by atoms with van der Waals surface area (Å²) in [6.45, 7) is 13.0. The third-order valence-electron chi connectivity index (χ3n) is 5.42. The number of carbonyl (C=O) groups excluding carboxylic acids is 3. The number of benzene rings is 1. The fourth-order valence-corrected chi connectivity index (χ4v) is 3.59. The molecule has 1 aromatic carbocycles. The largest absolute Gasteiger partial charge is 0.444 e. The average Bonchev–Trinajstić information content (AvgIpc) is 3.52. The van der Waals surface area contributed by atoms with E-state index in [4.69, 9.17) is 4.74 Å². The van der Waals surface area contributed by atoms with Crippen LogP contribution in [-0.4, -0.2) is 46.5 Å². The Kier molecular flexibility index (Phi) is 8.70. The number of ether oxygens (including phenoxy) is 1. The molecule has 1 saturated carbocycles. The molecule has 0 bridgehead atoms. The zero-order chi connectivity index (χ0) is 24.1. The van der Waals surface area contributed by atoms with Crippen molar-refractivity contribution in [1.29, 1.82) is 0 Å². The molecule has 0 aromatic heterocycles. The van der Waals surface area contributed by atoms with E-state index >= 15 is 0 Å². The van der Waals surface area contributed by atoms with Crippen molar-refractivity contribution in [2.24, 2.45) is 5.92 Å². The van der Waals surface area contributed by atoms with Crippen LogP contribution < -0.4 is 10.6 Å². The minimum atomic E-state index is -0.784. The second-order valence-corrected chi connectivity index (χ2v) is 9.96. The Labute approximate surface area is 192 Å². The Balaban J connectivity index is 2.41. The van der Waals surface area contributed by atoms with Crippen LogP contribution >= 0.6 is 0 Å². The van der Waals surface area contributed by atoms with Crippen LogP contribution in [0.15, 0.2) is 30.3 Å². The molecular weight excluding hydrogens is 406 g/mol. The van der Waals surface area contributed by atoms with E-state index < -0.39 is 23.8 Å². The highest BCUT2D eigenvalue weighted by Gasteiger charge is 2.45. The van der Waals surface area contributed by atoms with Crippen LogP contribution in [0.4, 0.5) is 4.79 Å². The van der Waals surface area contributed by atoms with Gasteiger partial charge in [0.1, 0.15) is 17.7 Å². The molecule has 1 fully saturated rings. The molecule has 7 heteroatoms. The number of carbonyl (C=O) groups is 3. The highest BCUT2D eigenvalue weighted by molar-refractivity contribution is 5.92. The summed E-state index contributed by atoms with van der Waals surface area (Å²) < 4.78 is 5.41. The first-order valence-electron chi connectivity index (χ1n) is 11.6. The third-order valence-corrected chi connectivity index (χ3v) is 5.42. The number of alkyl carbamates (subject to hydrolysis) is 1. The van der Waals surface area contributed by atoms with Crippen LogP contribution in [0.5, 0.6) is 0 Å². The first-order chi connectivity index (χ1) is 14.9. The topological polar surface area (TPSA) is 87.7 Å². The van der Waals surface area contributed by atoms with Crippen molar-refractivity contribution in [1.82, 2.24) is 15.5 Å². The van der Waals surface area contributed by atoms with Gasteiger partial charge in [0.25, 0.3) is 0 Å². The van der Waals surface area contributed by atoms with Gasteiger partial charge in [0.05, 0.1) is 0 Å². The molecule has 2 rings (SSSR count). The van der Waals surface area contributed by atoms with Gasteiger partial charge >= 0.3 is 6.09 Å². The van der Waals surface area contributed by atoms with Crippen molar-refractivity contribution >= 4 is 17.9 Å². The normalized spacial score (nSPS) is 16.6. The van der Waals surface area contributed by atoms with Gasteiger partial charge in [-0.2, -0.15) is 0 Å². The molecule has 0 heterocycles. The second-order valence-electron chi connectivity index (χ2n) is 9.96. The van der Waals surface area contributed by atoms with Gasteiger partial charge in [-0.05, 0) is 58.9 Å². The molecule has 0 radical (unpaired) electrons. The molecule has 32 heavy (non-hydrogen) atoms. The zero-order valence-corrected chi connectivity index (χ0v) is 20.5. The van der Waals surface area contributed by atoms with E-state index in [1.54, 1.807) is 25.7 Å². The first kappa shape index (κ1) is 25.7. The van der Waals surface area contributed by atoms with E-state index in [2.05, 4.69) is 10.6 Å². The van der Waals surface area contributed by atoms with Crippen LogP contribution in [0.3, 0.4) is 0 Å². The maximum absolute atomic E-state index is 13.9. The van der Waals surface area contributed by atoms with Crippen molar-refractivity contribution in [2.75, 3.05) is 0 Å². The van der Waals surface area contributed by atoms with E-state index in [0.29, 0.717) is 6.42 Å². The van der Waals surface area contributed by atoms with Crippen LogP contribution in [0.2, 0.25) is 0 Å². The van der Waals surface area contributed by atoms with Crippen LogP contribution in [-0.2, 0) is 14.3 Å². The van der Waals surface area contributed by atoms with E-state index in [1.807, 2.05) is 58.0 Å². The lowest BCUT2D eigenvalue weighted by Gasteiger charge is -2.36. The second kappa shape index (κ2) is 10.8. The molecule has 3 amide bonds. The van der Waals surface area contributed by atoms with Crippen molar-refractivity contribution in [3.8, 4) is 0 Å². The average molecular weight is 446 g/mol. The molecule has 3 unspecified atom stereocenters. The van der Waals surface area contributed by atoms with E-state index in [1.165, 1.54) is 0 Å². The molecular formula is C25H39N3O4. The van der Waals surface area contributed by atoms with Gasteiger partial charge in [-0.3, -0.25) is 9.59 Å². The Morgan fingerprint density at radius 1 is 1.06 bits per heavy atom. The van der Waals surface area contributed by atoms with Gasteiger partial charge in [-0.15, -0.1) is 0 Å². The van der Waals surface area contributed by atoms with Crippen molar-refractivity contribution < 1.29 is 19.1 Å². The molecule has 1 aliphatic rings. The molecule has 1 aromatic rings. The summed E-state index contributed by atoms with van der Waals surface area (Å²) in [6.07, 6.45) is 1.74. The Hall–Kier alpha value is -2.57. The number of nitrogens with one attached hydrogen (secondary N) is 2. The third kappa shape index (κ3) is 7.24. The number of rotatable bonds is 9. The fourth-order valence-electron chi connectivity index (χ4n) is 3.59. The van der Waals surface area contributed by atoms with Crippen LogP contribution in [0.1, 0.15) is 79.3 Å². The number of hydrogen-bond acceptors (Lipinski definition) is 4. The molecule has 2 N–H and O–H groups in total. The molecule has 0 saturated heterocycles. The lowest BCUT2D eigenvalue weighted by Crippen LogP contribution is -2.56. The maximum Gasteiger partial charge on any atom is 0.408 e. The summed E-state index contributed by atoms with van der Waals surface area (Å²) in [4.78, 5) is 41.4. The van der Waals surface area contributed by atoms with Gasteiger partial charge in [-0.25, -0.2) is 4.79 Å². The summed E-state index contributed by atoms with van der Waals surface area (Å²) in [5, 5.41) is 5.76. The van der Waals surface area contributed by atoms with E-state index in [0.717, 1.165) is 18.4 Å². The monoisotopic (exact) mass is 445 g/mol. The van der Waals surface area contributed by atoms with E-state index in [-0.39, 0.29) is 29.8 Å². The fraction of sp³-hybridized carbons (Fsp3) is 0.640. The summed E-state index contributed by atoms with van der Waals surface area (Å²) in [7, 11) is 0. The molecule has 0 aliphatic heterocycles. The molecule has 7 nitrogen and oxygen atoms in total. The Morgan fingerprint density at radius 2 is 1.66 bits per heavy atom. The van der Waals surface area contributed by atoms with Crippen LogP contribution in [0.25, 0.3) is 0 Å². The van der Waals surface area contributed by atoms with Crippen molar-refractivity contribution in [3.63, 3.8) is 0 Å². The Morgan fingerprint density at radius 3 is 2.12 bits per heavy atom. The minimum absolute atomic E-state index is 0.0300. The SMILES string of the molecule is CCC(C)C(NC(=O)OC(C)(C)C)C(=O)N(C1CC1)C(C(=O)NC(C)C)c1ccccc1. The standard InChI is InChI=1S/C25H39N3O4/c1-8-17(4)20(27-24(31)32-25(5,6)7)23(30)28(19-14-15-19)21(22(29)26-16(2)3)18-12-10-9-11-13-18/h9-13,16-17,19-21H,8,14-15H2,1-7H3,(H,26,29)(H,27,31). The Bertz CT molecular complexity index is 784. The smallest absolute Gasteiger partial charge is 0.408 e. The first-order valence-corrected chi connectivity index (χ1v) is 11.6. The van der Waals surface area contributed by atoms with E-state index in [9.17, 15) is 14.4 Å². The van der Waals surface area contributed by atoms with Gasteiger partial charge in [-0.1, -0.05) is 50.6 Å². The molecule has 178 valence electrons. The van der Waals surface area contributed by atoms with Gasteiger partial charge in [0.2, 0.25) is 11.8 Å². The quantitative estimate of drug-likeness (QED) is 0.597. The van der Waals surface area contributed by atoms with Crippen molar-refractivity contribution in [2.45, 2.75) is 97.5 Å². The number of amides is 3. The highest BCUT2D eigenvalue weighted by atomic mass is 16.6. The van der Waals surface area contributed by atoms with Gasteiger partial charge in [0, 0.05) is 12.1 Å². The summed E-state index contributed by atoms with van der Waals surface area (Å²) in [5.74, 6) is -0.590. The summed E-state index contributed by atoms with van der Waals surface area (Å²) in [5.41, 5.74) is 0.0820. The zero-order valence-electron chi connectivity index (χ0n) is 20.5. The summed E-state index contributed by atoms with van der Waals surface area (Å²) in [6, 6.07) is 7.72. The number of hydrogen-bond donors (Lipinski definition) is 2. The molecule has 3 atom stereocenters. The molecule has 1 aliphatic carbocycles. The van der Waals surface area contributed by atoms with Gasteiger partial charge in [0.15, 0.2) is 0 Å². The maximum atomic E-state index is 13.9. The van der Waals surface area contributed by atoms with Gasteiger partial charge < -0.3 is 20.3 Å².